The van der Waals surface area contributed by atoms with Crippen molar-refractivity contribution in [1.29, 1.82) is 0 Å². The van der Waals surface area contributed by atoms with Gasteiger partial charge in [0.2, 0.25) is 0 Å². The first-order valence-corrected chi connectivity index (χ1v) is 5.48. The summed E-state index contributed by atoms with van der Waals surface area (Å²) < 4.78 is 10.5. The summed E-state index contributed by atoms with van der Waals surface area (Å²) in [4.78, 5) is 11.3. The lowest BCUT2D eigenvalue weighted by atomic mass is 9.96. The predicted molar refractivity (Wildman–Crippen MR) is 61.1 cm³/mol. The molecule has 0 spiro atoms. The Labute approximate surface area is 95.4 Å². The summed E-state index contributed by atoms with van der Waals surface area (Å²) in [5.74, 6) is 2.26. The van der Waals surface area contributed by atoms with Crippen molar-refractivity contribution >= 4 is 5.78 Å². The third-order valence-corrected chi connectivity index (χ3v) is 3.13. The molecule has 0 bridgehead atoms. The summed E-state index contributed by atoms with van der Waals surface area (Å²) in [7, 11) is 3.28. The molecule has 1 fully saturated rings. The van der Waals surface area contributed by atoms with E-state index in [-0.39, 0.29) is 0 Å². The highest BCUT2D eigenvalue weighted by Crippen LogP contribution is 2.38. The normalized spacial score (nSPS) is 19.9. The van der Waals surface area contributed by atoms with Gasteiger partial charge < -0.3 is 9.47 Å². The van der Waals surface area contributed by atoms with Crippen molar-refractivity contribution in [2.45, 2.75) is 25.2 Å². The quantitative estimate of drug-likeness (QED) is 0.785. The van der Waals surface area contributed by atoms with E-state index < -0.39 is 0 Å². The summed E-state index contributed by atoms with van der Waals surface area (Å²) >= 11 is 0. The molecule has 1 aromatic carbocycles. The van der Waals surface area contributed by atoms with Crippen LogP contribution in [-0.4, -0.2) is 20.0 Å². The molecule has 1 saturated carbocycles. The molecule has 3 nitrogen and oxygen atoms in total. The number of Topliss-reactive ketones (excluding diaryl/α,β-unsaturated/α-hetero) is 1. The van der Waals surface area contributed by atoms with Gasteiger partial charge in [-0.15, -0.1) is 0 Å². The predicted octanol–water partition coefficient (Wildman–Crippen LogP) is 2.54. The van der Waals surface area contributed by atoms with Gasteiger partial charge in [0.25, 0.3) is 0 Å². The number of ether oxygens (including phenoxy) is 2. The maximum atomic E-state index is 11.3. The zero-order valence-electron chi connectivity index (χ0n) is 9.66. The van der Waals surface area contributed by atoms with Crippen molar-refractivity contribution in [3.8, 4) is 11.5 Å². The minimum absolute atomic E-state index is 0.313. The highest BCUT2D eigenvalue weighted by Gasteiger charge is 2.26. The molecule has 1 atom stereocenters. The van der Waals surface area contributed by atoms with E-state index in [1.807, 2.05) is 18.2 Å². The van der Waals surface area contributed by atoms with E-state index in [4.69, 9.17) is 9.47 Å². The van der Waals surface area contributed by atoms with Gasteiger partial charge in [0.15, 0.2) is 0 Å². The molecular formula is C13H16O3. The highest BCUT2D eigenvalue weighted by molar-refractivity contribution is 5.81. The molecule has 1 aliphatic carbocycles. The number of hydrogen-bond donors (Lipinski definition) is 0. The third-order valence-electron chi connectivity index (χ3n) is 3.13. The van der Waals surface area contributed by atoms with Crippen LogP contribution in [0.1, 0.15) is 30.7 Å². The van der Waals surface area contributed by atoms with E-state index >= 15 is 0 Å². The average Bonchev–Trinajstić information content (AvgIpc) is 2.74. The molecule has 0 aliphatic heterocycles. The number of carbonyl (C=O) groups is 1. The minimum atomic E-state index is 0.313. The molecule has 1 aliphatic rings. The Hall–Kier alpha value is -1.51. The maximum Gasteiger partial charge on any atom is 0.133 e. The van der Waals surface area contributed by atoms with Gasteiger partial charge in [-0.2, -0.15) is 0 Å². The first-order chi connectivity index (χ1) is 7.74. The van der Waals surface area contributed by atoms with Crippen molar-refractivity contribution < 1.29 is 14.3 Å². The van der Waals surface area contributed by atoms with Crippen LogP contribution >= 0.6 is 0 Å². The molecule has 0 N–H and O–H groups in total. The lowest BCUT2D eigenvalue weighted by Crippen LogP contribution is -1.99. The van der Waals surface area contributed by atoms with E-state index in [9.17, 15) is 4.79 Å². The zero-order chi connectivity index (χ0) is 11.5. The molecule has 0 saturated heterocycles. The molecule has 1 unspecified atom stereocenters. The summed E-state index contributed by atoms with van der Waals surface area (Å²) in [6.45, 7) is 0. The molecule has 16 heavy (non-hydrogen) atoms. The topological polar surface area (TPSA) is 35.5 Å². The van der Waals surface area contributed by atoms with Gasteiger partial charge in [-0.05, 0) is 24.0 Å². The molecular weight excluding hydrogens is 204 g/mol. The fourth-order valence-electron chi connectivity index (χ4n) is 2.24. The minimum Gasteiger partial charge on any atom is -0.497 e. The Morgan fingerprint density at radius 2 is 2.06 bits per heavy atom. The second-order valence-electron chi connectivity index (χ2n) is 4.09. The largest absolute Gasteiger partial charge is 0.497 e. The van der Waals surface area contributed by atoms with E-state index in [1.165, 1.54) is 0 Å². The number of methoxy groups -OCH3 is 2. The highest BCUT2D eigenvalue weighted by atomic mass is 16.5. The number of benzene rings is 1. The van der Waals surface area contributed by atoms with E-state index in [0.717, 1.165) is 23.5 Å². The molecule has 0 amide bonds. The van der Waals surface area contributed by atoms with E-state index in [0.29, 0.717) is 24.5 Å². The summed E-state index contributed by atoms with van der Waals surface area (Å²) in [5, 5.41) is 0. The van der Waals surface area contributed by atoms with E-state index in [1.54, 1.807) is 14.2 Å². The van der Waals surface area contributed by atoms with Gasteiger partial charge in [-0.3, -0.25) is 4.79 Å². The Morgan fingerprint density at radius 3 is 2.62 bits per heavy atom. The van der Waals surface area contributed by atoms with Crippen LogP contribution < -0.4 is 9.47 Å². The van der Waals surface area contributed by atoms with Gasteiger partial charge in [-0.1, -0.05) is 6.07 Å². The van der Waals surface area contributed by atoms with Crippen LogP contribution in [0.2, 0.25) is 0 Å². The van der Waals surface area contributed by atoms with Crippen LogP contribution in [0.3, 0.4) is 0 Å². The smallest absolute Gasteiger partial charge is 0.133 e. The zero-order valence-corrected chi connectivity index (χ0v) is 9.66. The average molecular weight is 220 g/mol. The Kier molecular flexibility index (Phi) is 3.13. The van der Waals surface area contributed by atoms with Gasteiger partial charge in [0.1, 0.15) is 17.3 Å². The van der Waals surface area contributed by atoms with Crippen molar-refractivity contribution in [2.24, 2.45) is 0 Å². The van der Waals surface area contributed by atoms with Gasteiger partial charge >= 0.3 is 0 Å². The Morgan fingerprint density at radius 1 is 1.25 bits per heavy atom. The molecule has 0 radical (unpaired) electrons. The monoisotopic (exact) mass is 220 g/mol. The van der Waals surface area contributed by atoms with Gasteiger partial charge in [0, 0.05) is 18.9 Å². The second-order valence-corrected chi connectivity index (χ2v) is 4.09. The molecule has 1 aromatic rings. The lowest BCUT2D eigenvalue weighted by Gasteiger charge is -2.14. The van der Waals surface area contributed by atoms with Crippen LogP contribution in [0, 0.1) is 0 Å². The molecule has 86 valence electrons. The van der Waals surface area contributed by atoms with Crippen molar-refractivity contribution in [3.63, 3.8) is 0 Å². The maximum absolute atomic E-state index is 11.3. The lowest BCUT2D eigenvalue weighted by molar-refractivity contribution is -0.117. The van der Waals surface area contributed by atoms with Crippen molar-refractivity contribution in [2.75, 3.05) is 14.2 Å². The Balaban J connectivity index is 2.29. The number of rotatable bonds is 3. The molecule has 3 heteroatoms. The standard InChI is InChI=1S/C13H16O3/c1-15-11-5-6-12(13(8-11)16-2)9-3-4-10(14)7-9/h5-6,8-9H,3-4,7H2,1-2H3. The van der Waals surface area contributed by atoms with Gasteiger partial charge in [0.05, 0.1) is 14.2 Å². The SMILES string of the molecule is COc1ccc(C2CCC(=O)C2)c(OC)c1. The van der Waals surface area contributed by atoms with Crippen LogP contribution in [0.5, 0.6) is 11.5 Å². The first-order valence-electron chi connectivity index (χ1n) is 5.48. The van der Waals surface area contributed by atoms with Crippen LogP contribution in [-0.2, 0) is 4.79 Å². The third kappa shape index (κ3) is 2.03. The van der Waals surface area contributed by atoms with Gasteiger partial charge in [-0.25, -0.2) is 0 Å². The summed E-state index contributed by atoms with van der Waals surface area (Å²) in [6.07, 6.45) is 2.27. The summed E-state index contributed by atoms with van der Waals surface area (Å²) in [5.41, 5.74) is 1.12. The fourth-order valence-corrected chi connectivity index (χ4v) is 2.24. The van der Waals surface area contributed by atoms with Crippen molar-refractivity contribution in [3.05, 3.63) is 23.8 Å². The number of hydrogen-bond acceptors (Lipinski definition) is 3. The second kappa shape index (κ2) is 4.56. The fraction of sp³-hybridized carbons (Fsp3) is 0.462. The van der Waals surface area contributed by atoms with E-state index in [2.05, 4.69) is 0 Å². The van der Waals surface area contributed by atoms with Crippen LogP contribution in [0.25, 0.3) is 0 Å². The molecule has 0 heterocycles. The molecule has 0 aromatic heterocycles. The Bertz CT molecular complexity index is 398. The first kappa shape index (κ1) is 11.0. The van der Waals surface area contributed by atoms with Crippen LogP contribution in [0.15, 0.2) is 18.2 Å². The number of ketones is 1. The number of carbonyl (C=O) groups excluding carboxylic acids is 1. The van der Waals surface area contributed by atoms with Crippen LogP contribution in [0.4, 0.5) is 0 Å². The molecule has 2 rings (SSSR count). The summed E-state index contributed by atoms with van der Waals surface area (Å²) in [6, 6.07) is 5.79. The van der Waals surface area contributed by atoms with Crippen molar-refractivity contribution in [1.82, 2.24) is 0 Å².